The van der Waals surface area contributed by atoms with Crippen LogP contribution in [0.5, 0.6) is 0 Å². The van der Waals surface area contributed by atoms with Crippen LogP contribution in [0.25, 0.3) is 0 Å². The van der Waals surface area contributed by atoms with Crippen LogP contribution in [0.2, 0.25) is 10.0 Å². The monoisotopic (exact) mass is 315 g/mol. The standard InChI is InChI=1S/C13H15Cl2N3S/c1-8-17-12(7-19-8)6-11(18-16)5-9-4-10(14)2-3-13(9)15/h2-4,7,11,18H,5-6,16H2,1H3. The third kappa shape index (κ3) is 4.16. The molecule has 0 aliphatic heterocycles. The Hall–Kier alpha value is -0.650. The van der Waals surface area contributed by atoms with Gasteiger partial charge in [-0.3, -0.25) is 11.3 Å². The zero-order valence-corrected chi connectivity index (χ0v) is 12.8. The number of nitrogens with zero attached hydrogens (tertiary/aromatic N) is 1. The number of hydrogen-bond acceptors (Lipinski definition) is 4. The van der Waals surface area contributed by atoms with Crippen molar-refractivity contribution >= 4 is 34.5 Å². The Balaban J connectivity index is 2.08. The van der Waals surface area contributed by atoms with E-state index in [4.69, 9.17) is 29.0 Å². The van der Waals surface area contributed by atoms with Crippen LogP contribution in [0.15, 0.2) is 23.6 Å². The molecule has 2 rings (SSSR count). The molecule has 1 atom stereocenters. The largest absolute Gasteiger partial charge is 0.271 e. The predicted molar refractivity (Wildman–Crippen MR) is 81.8 cm³/mol. The fourth-order valence-corrected chi connectivity index (χ4v) is 2.92. The van der Waals surface area contributed by atoms with Crippen LogP contribution < -0.4 is 11.3 Å². The highest BCUT2D eigenvalue weighted by atomic mass is 35.5. The molecule has 0 spiro atoms. The summed E-state index contributed by atoms with van der Waals surface area (Å²) >= 11 is 13.8. The summed E-state index contributed by atoms with van der Waals surface area (Å²) in [6.07, 6.45) is 1.48. The summed E-state index contributed by atoms with van der Waals surface area (Å²) in [5.41, 5.74) is 4.85. The van der Waals surface area contributed by atoms with Gasteiger partial charge < -0.3 is 0 Å². The first-order chi connectivity index (χ1) is 9.08. The van der Waals surface area contributed by atoms with Gasteiger partial charge in [-0.25, -0.2) is 4.98 Å². The van der Waals surface area contributed by atoms with E-state index in [1.165, 1.54) is 0 Å². The van der Waals surface area contributed by atoms with Gasteiger partial charge in [-0.05, 0) is 37.1 Å². The van der Waals surface area contributed by atoms with Gasteiger partial charge in [0.2, 0.25) is 0 Å². The third-order valence-corrected chi connectivity index (χ3v) is 4.26. The first-order valence-corrected chi connectivity index (χ1v) is 7.53. The molecule has 3 N–H and O–H groups in total. The number of aryl methyl sites for hydroxylation is 1. The number of rotatable bonds is 5. The smallest absolute Gasteiger partial charge is 0.0897 e. The summed E-state index contributed by atoms with van der Waals surface area (Å²) in [5.74, 6) is 5.61. The van der Waals surface area contributed by atoms with Crippen molar-refractivity contribution in [2.24, 2.45) is 5.84 Å². The van der Waals surface area contributed by atoms with Crippen LogP contribution in [0.3, 0.4) is 0 Å². The van der Waals surface area contributed by atoms with Crippen LogP contribution in [-0.4, -0.2) is 11.0 Å². The lowest BCUT2D eigenvalue weighted by molar-refractivity contribution is 0.518. The molecule has 1 heterocycles. The minimum atomic E-state index is 0.0810. The van der Waals surface area contributed by atoms with E-state index in [1.54, 1.807) is 23.5 Å². The Labute approximate surface area is 126 Å². The molecule has 102 valence electrons. The van der Waals surface area contributed by atoms with Gasteiger partial charge in [-0.2, -0.15) is 0 Å². The summed E-state index contributed by atoms with van der Waals surface area (Å²) in [6.45, 7) is 1.99. The van der Waals surface area contributed by atoms with Crippen molar-refractivity contribution in [2.45, 2.75) is 25.8 Å². The number of halogens is 2. The van der Waals surface area contributed by atoms with Crippen molar-refractivity contribution in [3.63, 3.8) is 0 Å². The zero-order chi connectivity index (χ0) is 13.8. The number of benzene rings is 1. The number of aromatic nitrogens is 1. The van der Waals surface area contributed by atoms with Gasteiger partial charge in [-0.15, -0.1) is 11.3 Å². The Bertz CT molecular complexity index is 557. The molecular formula is C13H15Cl2N3S. The van der Waals surface area contributed by atoms with Gasteiger partial charge in [0.1, 0.15) is 0 Å². The van der Waals surface area contributed by atoms with E-state index in [9.17, 15) is 0 Å². The highest BCUT2D eigenvalue weighted by Gasteiger charge is 2.13. The molecular weight excluding hydrogens is 301 g/mol. The molecule has 0 radical (unpaired) electrons. The highest BCUT2D eigenvalue weighted by molar-refractivity contribution is 7.09. The predicted octanol–water partition coefficient (Wildman–Crippen LogP) is 3.38. The van der Waals surface area contributed by atoms with Crippen molar-refractivity contribution in [1.29, 1.82) is 0 Å². The highest BCUT2D eigenvalue weighted by Crippen LogP contribution is 2.22. The van der Waals surface area contributed by atoms with Gasteiger partial charge in [-0.1, -0.05) is 23.2 Å². The molecule has 0 saturated carbocycles. The van der Waals surface area contributed by atoms with Crippen LogP contribution in [0, 0.1) is 6.92 Å². The maximum absolute atomic E-state index is 6.16. The lowest BCUT2D eigenvalue weighted by Gasteiger charge is -2.15. The van der Waals surface area contributed by atoms with Crippen molar-refractivity contribution in [2.75, 3.05) is 0 Å². The second-order valence-corrected chi connectivity index (χ2v) is 6.27. The molecule has 0 aliphatic rings. The Morgan fingerprint density at radius 3 is 2.79 bits per heavy atom. The van der Waals surface area contributed by atoms with Gasteiger partial charge in [0, 0.05) is 27.9 Å². The van der Waals surface area contributed by atoms with E-state index in [1.807, 2.05) is 13.0 Å². The molecule has 1 unspecified atom stereocenters. The van der Waals surface area contributed by atoms with Crippen LogP contribution >= 0.6 is 34.5 Å². The van der Waals surface area contributed by atoms with E-state index < -0.39 is 0 Å². The Morgan fingerprint density at radius 1 is 1.37 bits per heavy atom. The SMILES string of the molecule is Cc1nc(CC(Cc2cc(Cl)ccc2Cl)NN)cs1. The third-order valence-electron chi connectivity index (χ3n) is 2.83. The van der Waals surface area contributed by atoms with E-state index in [2.05, 4.69) is 15.8 Å². The summed E-state index contributed by atoms with van der Waals surface area (Å²) in [4.78, 5) is 4.44. The van der Waals surface area contributed by atoms with Crippen LogP contribution in [0.4, 0.5) is 0 Å². The second kappa shape index (κ2) is 6.68. The molecule has 0 amide bonds. The van der Waals surface area contributed by atoms with Gasteiger partial charge in [0.15, 0.2) is 0 Å². The normalized spacial score (nSPS) is 12.6. The first-order valence-electron chi connectivity index (χ1n) is 5.89. The van der Waals surface area contributed by atoms with Crippen molar-refractivity contribution in [3.05, 3.63) is 49.9 Å². The maximum Gasteiger partial charge on any atom is 0.0897 e. The number of nitrogens with one attached hydrogen (secondary N) is 1. The Morgan fingerprint density at radius 2 is 2.16 bits per heavy atom. The number of hydrazine groups is 1. The summed E-state index contributed by atoms with van der Waals surface area (Å²) in [7, 11) is 0. The molecule has 19 heavy (non-hydrogen) atoms. The lowest BCUT2D eigenvalue weighted by Crippen LogP contribution is -2.38. The topological polar surface area (TPSA) is 50.9 Å². The van der Waals surface area contributed by atoms with Crippen molar-refractivity contribution in [3.8, 4) is 0 Å². The first kappa shape index (κ1) is 14.8. The Kier molecular flexibility index (Phi) is 5.19. The molecule has 3 nitrogen and oxygen atoms in total. The summed E-state index contributed by atoms with van der Waals surface area (Å²) in [6, 6.07) is 5.54. The molecule has 6 heteroatoms. The molecule has 2 aromatic rings. The summed E-state index contributed by atoms with van der Waals surface area (Å²) in [5, 5.41) is 4.50. The van der Waals surface area contributed by atoms with E-state index >= 15 is 0 Å². The average molecular weight is 316 g/mol. The summed E-state index contributed by atoms with van der Waals surface area (Å²) < 4.78 is 0. The molecule has 0 aliphatic carbocycles. The fourth-order valence-electron chi connectivity index (χ4n) is 1.91. The molecule has 1 aromatic heterocycles. The lowest BCUT2D eigenvalue weighted by atomic mass is 10.0. The minimum Gasteiger partial charge on any atom is -0.271 e. The van der Waals surface area contributed by atoms with Gasteiger partial charge >= 0.3 is 0 Å². The maximum atomic E-state index is 6.16. The molecule has 0 saturated heterocycles. The zero-order valence-electron chi connectivity index (χ0n) is 10.5. The molecule has 1 aromatic carbocycles. The van der Waals surface area contributed by atoms with Crippen molar-refractivity contribution < 1.29 is 0 Å². The van der Waals surface area contributed by atoms with Gasteiger partial charge in [0.25, 0.3) is 0 Å². The quantitative estimate of drug-likeness (QED) is 0.657. The van der Waals surface area contributed by atoms with Crippen molar-refractivity contribution in [1.82, 2.24) is 10.4 Å². The fraction of sp³-hybridized carbons (Fsp3) is 0.308. The molecule has 0 fully saturated rings. The second-order valence-electron chi connectivity index (χ2n) is 4.37. The average Bonchev–Trinajstić information content (AvgIpc) is 2.78. The van der Waals surface area contributed by atoms with Gasteiger partial charge in [0.05, 0.1) is 10.7 Å². The number of nitrogens with two attached hydrogens (primary N) is 1. The molecule has 0 bridgehead atoms. The number of thiazole rings is 1. The van der Waals surface area contributed by atoms with Crippen LogP contribution in [0.1, 0.15) is 16.3 Å². The van der Waals surface area contributed by atoms with E-state index in [0.717, 1.165) is 22.7 Å². The van der Waals surface area contributed by atoms with E-state index in [0.29, 0.717) is 16.5 Å². The number of hydrogen-bond donors (Lipinski definition) is 2. The van der Waals surface area contributed by atoms with Crippen LogP contribution in [-0.2, 0) is 12.8 Å². The minimum absolute atomic E-state index is 0.0810. The van der Waals surface area contributed by atoms with E-state index in [-0.39, 0.29) is 6.04 Å².